The van der Waals surface area contributed by atoms with Crippen molar-refractivity contribution >= 4 is 5.91 Å². The second-order valence-electron chi connectivity index (χ2n) is 7.60. The molecule has 1 aliphatic heterocycles. The van der Waals surface area contributed by atoms with Crippen molar-refractivity contribution in [1.29, 1.82) is 0 Å². The fraction of sp³-hybridized carbons (Fsp3) is 0.941. The predicted molar refractivity (Wildman–Crippen MR) is 83.4 cm³/mol. The number of hydrogen-bond acceptors (Lipinski definition) is 2. The van der Waals surface area contributed by atoms with E-state index < -0.39 is 0 Å². The molecular formula is C17H32N2O. The summed E-state index contributed by atoms with van der Waals surface area (Å²) in [5.74, 6) is 1.24. The van der Waals surface area contributed by atoms with Crippen LogP contribution in [0, 0.1) is 11.3 Å². The zero-order valence-corrected chi connectivity index (χ0v) is 13.4. The standard InChI is InChI=1S/C17H32N2O/c1-17(2)13-19(12-11-15(17)18)16(20)10-6-9-14-7-4-3-5-8-14/h14-15H,3-13,18H2,1-2H3. The third-order valence-corrected chi connectivity index (χ3v) is 5.39. The summed E-state index contributed by atoms with van der Waals surface area (Å²) in [6, 6.07) is 0.230. The second kappa shape index (κ2) is 6.93. The fourth-order valence-electron chi connectivity index (χ4n) is 3.76. The highest BCUT2D eigenvalue weighted by molar-refractivity contribution is 5.76. The van der Waals surface area contributed by atoms with Crippen molar-refractivity contribution in [3.05, 3.63) is 0 Å². The third kappa shape index (κ3) is 4.21. The number of rotatable bonds is 4. The monoisotopic (exact) mass is 280 g/mol. The Bertz CT molecular complexity index is 321. The Morgan fingerprint density at radius 2 is 1.90 bits per heavy atom. The average molecular weight is 280 g/mol. The molecule has 3 nitrogen and oxygen atoms in total. The van der Waals surface area contributed by atoms with Gasteiger partial charge >= 0.3 is 0 Å². The smallest absolute Gasteiger partial charge is 0.222 e. The Kier molecular flexibility index (Phi) is 5.48. The number of nitrogens with two attached hydrogens (primary N) is 1. The number of hydrogen-bond donors (Lipinski definition) is 1. The SMILES string of the molecule is CC1(C)CN(C(=O)CCCC2CCCCC2)CCC1N. The summed E-state index contributed by atoms with van der Waals surface area (Å²) >= 11 is 0. The van der Waals surface area contributed by atoms with Gasteiger partial charge in [-0.2, -0.15) is 0 Å². The van der Waals surface area contributed by atoms with Gasteiger partial charge in [0.15, 0.2) is 0 Å². The van der Waals surface area contributed by atoms with Crippen molar-refractivity contribution in [3.8, 4) is 0 Å². The molecule has 116 valence electrons. The highest BCUT2D eigenvalue weighted by Crippen LogP contribution is 2.30. The van der Waals surface area contributed by atoms with Crippen LogP contribution in [0.4, 0.5) is 0 Å². The molecule has 0 bridgehead atoms. The number of piperidine rings is 1. The Balaban J connectivity index is 1.69. The molecule has 1 unspecified atom stereocenters. The van der Waals surface area contributed by atoms with Crippen LogP contribution in [0.15, 0.2) is 0 Å². The fourth-order valence-corrected chi connectivity index (χ4v) is 3.76. The van der Waals surface area contributed by atoms with Gasteiger partial charge in [0, 0.05) is 25.6 Å². The first-order chi connectivity index (χ1) is 9.49. The zero-order chi connectivity index (χ0) is 14.6. The third-order valence-electron chi connectivity index (χ3n) is 5.39. The minimum absolute atomic E-state index is 0.0667. The van der Waals surface area contributed by atoms with Crippen molar-refractivity contribution in [2.45, 2.75) is 77.7 Å². The van der Waals surface area contributed by atoms with Crippen molar-refractivity contribution in [2.24, 2.45) is 17.1 Å². The van der Waals surface area contributed by atoms with Crippen LogP contribution >= 0.6 is 0 Å². The number of likely N-dealkylation sites (tertiary alicyclic amines) is 1. The maximum atomic E-state index is 12.3. The number of carbonyl (C=O) groups excluding carboxylic acids is 1. The largest absolute Gasteiger partial charge is 0.342 e. The maximum absolute atomic E-state index is 12.3. The van der Waals surface area contributed by atoms with Gasteiger partial charge in [0.05, 0.1) is 0 Å². The van der Waals surface area contributed by atoms with Gasteiger partial charge in [-0.1, -0.05) is 46.0 Å². The summed E-state index contributed by atoms with van der Waals surface area (Å²) in [6.45, 7) is 6.04. The van der Waals surface area contributed by atoms with Crippen LogP contribution in [-0.2, 0) is 4.79 Å². The van der Waals surface area contributed by atoms with E-state index in [1.54, 1.807) is 0 Å². The van der Waals surface area contributed by atoms with Gasteiger partial charge in [-0.25, -0.2) is 0 Å². The molecule has 0 radical (unpaired) electrons. The molecule has 1 saturated carbocycles. The van der Waals surface area contributed by atoms with E-state index in [1.165, 1.54) is 38.5 Å². The minimum Gasteiger partial charge on any atom is -0.342 e. The molecule has 1 heterocycles. The van der Waals surface area contributed by atoms with Gasteiger partial charge in [0.2, 0.25) is 5.91 Å². The molecule has 2 rings (SSSR count). The van der Waals surface area contributed by atoms with Crippen molar-refractivity contribution in [1.82, 2.24) is 4.90 Å². The number of nitrogens with zero attached hydrogens (tertiary/aromatic N) is 1. The lowest BCUT2D eigenvalue weighted by atomic mass is 9.79. The van der Waals surface area contributed by atoms with Crippen LogP contribution in [0.5, 0.6) is 0 Å². The molecule has 1 atom stereocenters. The first kappa shape index (κ1) is 15.8. The van der Waals surface area contributed by atoms with E-state index in [1.807, 2.05) is 4.90 Å². The zero-order valence-electron chi connectivity index (χ0n) is 13.4. The quantitative estimate of drug-likeness (QED) is 0.858. The van der Waals surface area contributed by atoms with Crippen LogP contribution in [0.2, 0.25) is 0 Å². The predicted octanol–water partition coefficient (Wildman–Crippen LogP) is 3.32. The Morgan fingerprint density at radius 3 is 2.55 bits per heavy atom. The molecule has 0 spiro atoms. The Hall–Kier alpha value is -0.570. The maximum Gasteiger partial charge on any atom is 0.222 e. The van der Waals surface area contributed by atoms with E-state index in [4.69, 9.17) is 5.73 Å². The summed E-state index contributed by atoms with van der Waals surface area (Å²) in [4.78, 5) is 14.4. The first-order valence-electron chi connectivity index (χ1n) is 8.52. The lowest BCUT2D eigenvalue weighted by Crippen LogP contribution is -2.53. The first-order valence-corrected chi connectivity index (χ1v) is 8.52. The van der Waals surface area contributed by atoms with Gasteiger partial charge in [-0.3, -0.25) is 4.79 Å². The van der Waals surface area contributed by atoms with E-state index in [-0.39, 0.29) is 11.5 Å². The van der Waals surface area contributed by atoms with Crippen LogP contribution in [0.1, 0.15) is 71.6 Å². The number of amides is 1. The summed E-state index contributed by atoms with van der Waals surface area (Å²) in [5.41, 5.74) is 6.20. The highest BCUT2D eigenvalue weighted by atomic mass is 16.2. The normalized spacial score (nSPS) is 27.6. The summed E-state index contributed by atoms with van der Waals surface area (Å²) < 4.78 is 0. The molecule has 3 heteroatoms. The van der Waals surface area contributed by atoms with E-state index >= 15 is 0 Å². The molecule has 20 heavy (non-hydrogen) atoms. The van der Waals surface area contributed by atoms with Crippen LogP contribution in [-0.4, -0.2) is 29.9 Å². The second-order valence-corrected chi connectivity index (χ2v) is 7.60. The summed E-state index contributed by atoms with van der Waals surface area (Å²) in [7, 11) is 0. The lowest BCUT2D eigenvalue weighted by Gasteiger charge is -2.42. The number of carbonyl (C=O) groups is 1. The van der Waals surface area contributed by atoms with Crippen molar-refractivity contribution < 1.29 is 4.79 Å². The minimum atomic E-state index is 0.0667. The molecule has 2 aliphatic rings. The molecule has 1 aliphatic carbocycles. The molecule has 2 fully saturated rings. The molecule has 1 amide bonds. The topological polar surface area (TPSA) is 46.3 Å². The van der Waals surface area contributed by atoms with E-state index in [0.29, 0.717) is 5.91 Å². The van der Waals surface area contributed by atoms with Gasteiger partial charge in [0.25, 0.3) is 0 Å². The van der Waals surface area contributed by atoms with Crippen LogP contribution in [0.25, 0.3) is 0 Å². The van der Waals surface area contributed by atoms with Crippen molar-refractivity contribution in [2.75, 3.05) is 13.1 Å². The molecular weight excluding hydrogens is 248 g/mol. The van der Waals surface area contributed by atoms with Gasteiger partial charge in [-0.05, 0) is 30.6 Å². The molecule has 2 N–H and O–H groups in total. The summed E-state index contributed by atoms with van der Waals surface area (Å²) in [6.07, 6.45) is 11.0. The van der Waals surface area contributed by atoms with Crippen molar-refractivity contribution in [3.63, 3.8) is 0 Å². The van der Waals surface area contributed by atoms with Crippen LogP contribution < -0.4 is 5.73 Å². The van der Waals surface area contributed by atoms with Gasteiger partial charge in [0.1, 0.15) is 0 Å². The lowest BCUT2D eigenvalue weighted by molar-refractivity contribution is -0.134. The Labute approximate surface area is 124 Å². The van der Waals surface area contributed by atoms with E-state index in [2.05, 4.69) is 13.8 Å². The Morgan fingerprint density at radius 1 is 1.20 bits per heavy atom. The van der Waals surface area contributed by atoms with E-state index in [0.717, 1.165) is 38.3 Å². The van der Waals surface area contributed by atoms with Gasteiger partial charge in [-0.15, -0.1) is 0 Å². The van der Waals surface area contributed by atoms with Gasteiger partial charge < -0.3 is 10.6 Å². The van der Waals surface area contributed by atoms with E-state index in [9.17, 15) is 4.79 Å². The molecule has 0 aromatic heterocycles. The molecule has 0 aromatic carbocycles. The molecule has 1 saturated heterocycles. The van der Waals surface area contributed by atoms with Crippen LogP contribution in [0.3, 0.4) is 0 Å². The average Bonchev–Trinajstić information content (AvgIpc) is 2.43. The molecule has 0 aromatic rings. The highest BCUT2D eigenvalue weighted by Gasteiger charge is 2.35. The summed E-state index contributed by atoms with van der Waals surface area (Å²) in [5, 5.41) is 0.